The van der Waals surface area contributed by atoms with Crippen LogP contribution in [0, 0.1) is 21.8 Å². The minimum absolute atomic E-state index is 0.0347. The normalized spacial score (nSPS) is 10.9. The first-order chi connectivity index (χ1) is 11.9. The minimum Gasteiger partial charge on any atom is -0.492 e. The summed E-state index contributed by atoms with van der Waals surface area (Å²) in [5.74, 6) is 0.314. The topological polar surface area (TPSA) is 62.1 Å². The number of carbonyl (C=O) groups is 1. The molecule has 128 valence electrons. The number of nitrogens with zero attached hydrogens (tertiary/aromatic N) is 1. The number of rotatable bonds is 5. The molecule has 0 spiro atoms. The second kappa shape index (κ2) is 9.02. The molecule has 0 bridgehead atoms. The second-order valence-electron chi connectivity index (χ2n) is 5.24. The lowest BCUT2D eigenvalue weighted by Gasteiger charge is -2.10. The maximum atomic E-state index is 12.3. The quantitative estimate of drug-likeness (QED) is 0.337. The van der Waals surface area contributed by atoms with Crippen molar-refractivity contribution >= 4 is 56.2 Å². The molecule has 0 saturated heterocycles. The van der Waals surface area contributed by atoms with Gasteiger partial charge in [-0.2, -0.15) is 5.26 Å². The van der Waals surface area contributed by atoms with Crippen molar-refractivity contribution in [2.45, 2.75) is 13.8 Å². The molecule has 0 heterocycles. The number of benzene rings is 2. The number of anilines is 1. The summed E-state index contributed by atoms with van der Waals surface area (Å²) in [6.45, 7) is 4.45. The van der Waals surface area contributed by atoms with Crippen molar-refractivity contribution in [2.75, 3.05) is 11.9 Å². The first-order valence-corrected chi connectivity index (χ1v) is 9.43. The summed E-state index contributed by atoms with van der Waals surface area (Å²) >= 11 is 5.63. The van der Waals surface area contributed by atoms with E-state index in [0.717, 1.165) is 24.9 Å². The lowest BCUT2D eigenvalue weighted by molar-refractivity contribution is -0.112. The average Bonchev–Trinajstić information content (AvgIpc) is 2.58. The van der Waals surface area contributed by atoms with Crippen LogP contribution in [0.1, 0.15) is 18.1 Å². The summed E-state index contributed by atoms with van der Waals surface area (Å²) in [7, 11) is 0. The van der Waals surface area contributed by atoms with E-state index < -0.39 is 5.91 Å². The summed E-state index contributed by atoms with van der Waals surface area (Å²) < 4.78 is 7.25. The van der Waals surface area contributed by atoms with Gasteiger partial charge in [-0.3, -0.25) is 4.79 Å². The minimum atomic E-state index is -0.439. The van der Waals surface area contributed by atoms with Gasteiger partial charge in [-0.1, -0.05) is 17.7 Å². The van der Waals surface area contributed by atoms with Crippen molar-refractivity contribution in [3.05, 3.63) is 61.1 Å². The zero-order chi connectivity index (χ0) is 18.4. The maximum absolute atomic E-state index is 12.3. The number of aryl methyl sites for hydroxylation is 1. The third kappa shape index (κ3) is 5.31. The Morgan fingerprint density at radius 3 is 2.60 bits per heavy atom. The van der Waals surface area contributed by atoms with Gasteiger partial charge in [0.15, 0.2) is 0 Å². The van der Waals surface area contributed by atoms with E-state index in [1.165, 1.54) is 0 Å². The zero-order valence-corrected chi connectivity index (χ0v) is 17.5. The van der Waals surface area contributed by atoms with E-state index in [-0.39, 0.29) is 5.57 Å². The molecule has 0 aromatic heterocycles. The molecule has 1 N–H and O–H groups in total. The molecule has 2 aromatic carbocycles. The van der Waals surface area contributed by atoms with Crippen LogP contribution in [-0.2, 0) is 4.79 Å². The van der Waals surface area contributed by atoms with Gasteiger partial charge in [0.05, 0.1) is 14.6 Å². The van der Waals surface area contributed by atoms with Gasteiger partial charge in [-0.05, 0) is 88.3 Å². The SMILES string of the molecule is CCOc1c(Br)cc(/C=C(\C#N)C(=O)Nc2ccc(C)cc2)cc1I. The molecule has 0 aliphatic rings. The Balaban J connectivity index is 2.26. The van der Waals surface area contributed by atoms with Crippen LogP contribution in [0.5, 0.6) is 5.75 Å². The van der Waals surface area contributed by atoms with Gasteiger partial charge in [0.1, 0.15) is 17.4 Å². The van der Waals surface area contributed by atoms with Crippen LogP contribution >= 0.6 is 38.5 Å². The highest BCUT2D eigenvalue weighted by atomic mass is 127. The lowest BCUT2D eigenvalue weighted by atomic mass is 10.1. The van der Waals surface area contributed by atoms with Crippen LogP contribution < -0.4 is 10.1 Å². The van der Waals surface area contributed by atoms with Crippen LogP contribution in [0.25, 0.3) is 6.08 Å². The lowest BCUT2D eigenvalue weighted by Crippen LogP contribution is -2.13. The monoisotopic (exact) mass is 510 g/mol. The molecule has 2 rings (SSSR count). The molecule has 0 unspecified atom stereocenters. The maximum Gasteiger partial charge on any atom is 0.266 e. The van der Waals surface area contributed by atoms with Gasteiger partial charge < -0.3 is 10.1 Å². The Morgan fingerprint density at radius 1 is 1.36 bits per heavy atom. The van der Waals surface area contributed by atoms with Gasteiger partial charge in [-0.25, -0.2) is 0 Å². The van der Waals surface area contributed by atoms with Crippen molar-refractivity contribution in [2.24, 2.45) is 0 Å². The van der Waals surface area contributed by atoms with Crippen molar-refractivity contribution < 1.29 is 9.53 Å². The van der Waals surface area contributed by atoms with E-state index in [1.54, 1.807) is 18.2 Å². The fraction of sp³-hybridized carbons (Fsp3) is 0.158. The number of hydrogen-bond acceptors (Lipinski definition) is 3. The predicted molar refractivity (Wildman–Crippen MR) is 111 cm³/mol. The van der Waals surface area contributed by atoms with E-state index in [9.17, 15) is 10.1 Å². The number of nitrogens with one attached hydrogen (secondary N) is 1. The highest BCUT2D eigenvalue weighted by Crippen LogP contribution is 2.32. The van der Waals surface area contributed by atoms with E-state index in [1.807, 2.05) is 44.2 Å². The number of carbonyl (C=O) groups excluding carboxylic acids is 1. The number of nitriles is 1. The van der Waals surface area contributed by atoms with E-state index in [0.29, 0.717) is 12.3 Å². The van der Waals surface area contributed by atoms with Gasteiger partial charge in [-0.15, -0.1) is 0 Å². The van der Waals surface area contributed by atoms with Crippen molar-refractivity contribution in [3.8, 4) is 11.8 Å². The molecule has 0 saturated carbocycles. The van der Waals surface area contributed by atoms with Crippen molar-refractivity contribution in [3.63, 3.8) is 0 Å². The average molecular weight is 511 g/mol. The number of amides is 1. The highest BCUT2D eigenvalue weighted by Gasteiger charge is 2.12. The second-order valence-corrected chi connectivity index (χ2v) is 7.25. The van der Waals surface area contributed by atoms with Gasteiger partial charge in [0, 0.05) is 5.69 Å². The van der Waals surface area contributed by atoms with Gasteiger partial charge >= 0.3 is 0 Å². The molecule has 0 atom stereocenters. The molecule has 25 heavy (non-hydrogen) atoms. The Kier molecular flexibility index (Phi) is 7.02. The molecular formula is C19H16BrIN2O2. The van der Waals surface area contributed by atoms with Crippen LogP contribution in [-0.4, -0.2) is 12.5 Å². The molecule has 0 radical (unpaired) electrons. The molecule has 6 heteroatoms. The molecule has 0 fully saturated rings. The first-order valence-electron chi connectivity index (χ1n) is 7.56. The number of hydrogen-bond donors (Lipinski definition) is 1. The molecule has 4 nitrogen and oxygen atoms in total. The molecule has 0 aliphatic carbocycles. The Labute approximate surface area is 169 Å². The molecular weight excluding hydrogens is 495 g/mol. The van der Waals surface area contributed by atoms with Crippen LogP contribution in [0.3, 0.4) is 0 Å². The van der Waals surface area contributed by atoms with Crippen LogP contribution in [0.15, 0.2) is 46.4 Å². The third-order valence-electron chi connectivity index (χ3n) is 3.29. The Hall–Kier alpha value is -1.85. The summed E-state index contributed by atoms with van der Waals surface area (Å²) in [4.78, 5) is 12.3. The van der Waals surface area contributed by atoms with Crippen LogP contribution in [0.2, 0.25) is 0 Å². The number of ether oxygens (including phenoxy) is 1. The first kappa shape index (κ1) is 19.5. The fourth-order valence-electron chi connectivity index (χ4n) is 2.10. The molecule has 0 aliphatic heterocycles. The van der Waals surface area contributed by atoms with Gasteiger partial charge in [0.2, 0.25) is 0 Å². The van der Waals surface area contributed by atoms with Gasteiger partial charge in [0.25, 0.3) is 5.91 Å². The van der Waals surface area contributed by atoms with E-state index in [2.05, 4.69) is 43.8 Å². The molecule has 1 amide bonds. The summed E-state index contributed by atoms with van der Waals surface area (Å²) in [5.41, 5.74) is 2.53. The largest absolute Gasteiger partial charge is 0.492 e. The summed E-state index contributed by atoms with van der Waals surface area (Å²) in [6, 6.07) is 13.1. The highest BCUT2D eigenvalue weighted by molar-refractivity contribution is 14.1. The third-order valence-corrected chi connectivity index (χ3v) is 4.69. The summed E-state index contributed by atoms with van der Waals surface area (Å²) in [6.07, 6.45) is 1.56. The fourth-order valence-corrected chi connectivity index (χ4v) is 3.86. The Morgan fingerprint density at radius 2 is 2.04 bits per heavy atom. The smallest absolute Gasteiger partial charge is 0.266 e. The van der Waals surface area contributed by atoms with Crippen LogP contribution in [0.4, 0.5) is 5.69 Å². The summed E-state index contributed by atoms with van der Waals surface area (Å²) in [5, 5.41) is 12.1. The molecule has 2 aromatic rings. The standard InChI is InChI=1S/C19H16BrIN2O2/c1-3-25-18-16(20)9-13(10-17(18)21)8-14(11-22)19(24)23-15-6-4-12(2)5-7-15/h4-10H,3H2,1-2H3,(H,23,24)/b14-8+. The van der Waals surface area contributed by atoms with Crippen molar-refractivity contribution in [1.29, 1.82) is 5.26 Å². The van der Waals surface area contributed by atoms with E-state index >= 15 is 0 Å². The van der Waals surface area contributed by atoms with E-state index in [4.69, 9.17) is 4.74 Å². The predicted octanol–water partition coefficient (Wildman–Crippen LogP) is 5.31. The van der Waals surface area contributed by atoms with Crippen molar-refractivity contribution in [1.82, 2.24) is 0 Å². The zero-order valence-electron chi connectivity index (χ0n) is 13.8. The Bertz CT molecular complexity index is 832. The number of halogens is 2.